The van der Waals surface area contributed by atoms with Crippen LogP contribution in [0.5, 0.6) is 0 Å². The van der Waals surface area contributed by atoms with E-state index in [0.29, 0.717) is 6.07 Å². The molecule has 0 aliphatic carbocycles. The van der Waals surface area contributed by atoms with Crippen molar-refractivity contribution in [1.29, 1.82) is 0 Å². The average molecular weight is 262 g/mol. The Morgan fingerprint density at radius 3 is 2.06 bits per heavy atom. The van der Waals surface area contributed by atoms with E-state index in [4.69, 9.17) is 4.55 Å². The zero-order valence-electron chi connectivity index (χ0n) is 8.35. The van der Waals surface area contributed by atoms with Gasteiger partial charge in [-0.05, 0) is 13.0 Å². The molecule has 0 atom stereocenters. The first-order chi connectivity index (χ1) is 7.66. The van der Waals surface area contributed by atoms with Crippen molar-refractivity contribution in [3.63, 3.8) is 0 Å². The molecule has 92 valence electrons. The van der Waals surface area contributed by atoms with Crippen LogP contribution in [0.25, 0.3) is 0 Å². The van der Waals surface area contributed by atoms with E-state index in [1.165, 1.54) is 0 Å². The molecule has 9 nitrogen and oxygen atoms in total. The maximum atomic E-state index is 10.9. The van der Waals surface area contributed by atoms with E-state index in [1.54, 1.807) is 0 Å². The van der Waals surface area contributed by atoms with Gasteiger partial charge in [0.2, 0.25) is 0 Å². The zero-order chi connectivity index (χ0) is 13.4. The number of nitro groups is 2. The van der Waals surface area contributed by atoms with E-state index in [-0.39, 0.29) is 0 Å². The van der Waals surface area contributed by atoms with Crippen LogP contribution in [0.15, 0.2) is 17.0 Å². The summed E-state index contributed by atoms with van der Waals surface area (Å²) in [5, 5.41) is 21.2. The van der Waals surface area contributed by atoms with Crippen LogP contribution < -0.4 is 0 Å². The fraction of sp³-hybridized carbons (Fsp3) is 0.143. The highest BCUT2D eigenvalue weighted by molar-refractivity contribution is 7.86. The summed E-state index contributed by atoms with van der Waals surface area (Å²) in [7, 11) is -4.81. The van der Waals surface area contributed by atoms with Gasteiger partial charge < -0.3 is 0 Å². The second-order valence-corrected chi connectivity index (χ2v) is 4.44. The Hall–Kier alpha value is -2.07. The van der Waals surface area contributed by atoms with Crippen molar-refractivity contribution >= 4 is 21.5 Å². The molecule has 0 aromatic heterocycles. The molecule has 0 radical (unpaired) electrons. The molecular weight excluding hydrogens is 256 g/mol. The molecule has 0 saturated carbocycles. The lowest BCUT2D eigenvalue weighted by atomic mass is 10.1. The van der Waals surface area contributed by atoms with Gasteiger partial charge in [-0.15, -0.1) is 0 Å². The third-order valence-electron chi connectivity index (χ3n) is 2.02. The summed E-state index contributed by atoms with van der Waals surface area (Å²) in [4.78, 5) is 18.3. The Morgan fingerprint density at radius 1 is 1.18 bits per heavy atom. The van der Waals surface area contributed by atoms with Gasteiger partial charge in [-0.25, -0.2) is 0 Å². The summed E-state index contributed by atoms with van der Waals surface area (Å²) in [6, 6.07) is 1.41. The van der Waals surface area contributed by atoms with Crippen molar-refractivity contribution < 1.29 is 22.8 Å². The lowest BCUT2D eigenvalue weighted by Crippen LogP contribution is -2.06. The molecule has 1 rings (SSSR count). The number of nitro benzene ring substituents is 2. The summed E-state index contributed by atoms with van der Waals surface area (Å²) in [5.74, 6) is 0. The Morgan fingerprint density at radius 2 is 1.71 bits per heavy atom. The Bertz CT molecular complexity index is 607. The van der Waals surface area contributed by atoms with E-state index < -0.39 is 41.8 Å². The Kier molecular flexibility index (Phi) is 3.11. The van der Waals surface area contributed by atoms with Crippen molar-refractivity contribution in [2.75, 3.05) is 0 Å². The smallest absolute Gasteiger partial charge is 0.282 e. The van der Waals surface area contributed by atoms with Crippen LogP contribution in [0.4, 0.5) is 11.4 Å². The molecule has 0 unspecified atom stereocenters. The van der Waals surface area contributed by atoms with Gasteiger partial charge in [0.05, 0.1) is 9.85 Å². The van der Waals surface area contributed by atoms with Crippen LogP contribution >= 0.6 is 0 Å². The van der Waals surface area contributed by atoms with Crippen molar-refractivity contribution in [3.8, 4) is 0 Å². The summed E-state index contributed by atoms with van der Waals surface area (Å²) >= 11 is 0. The molecule has 0 fully saturated rings. The van der Waals surface area contributed by atoms with Crippen molar-refractivity contribution in [2.45, 2.75) is 11.8 Å². The standard InChI is InChI=1S/C7H6N2O7S/c1-4-5(8(10)11)2-3-6(17(14,15)16)7(4)9(12)13/h2-3H,1H3,(H,14,15,16). The molecule has 1 aromatic carbocycles. The van der Waals surface area contributed by atoms with Crippen LogP contribution in [0, 0.1) is 27.2 Å². The largest absolute Gasteiger partial charge is 0.301 e. The number of hydrogen-bond donors (Lipinski definition) is 1. The maximum Gasteiger partial charge on any atom is 0.301 e. The quantitative estimate of drug-likeness (QED) is 0.487. The highest BCUT2D eigenvalue weighted by atomic mass is 32.2. The maximum absolute atomic E-state index is 10.9. The molecule has 0 spiro atoms. The fourth-order valence-corrected chi connectivity index (χ4v) is 2.01. The van der Waals surface area contributed by atoms with Crippen LogP contribution in [0.3, 0.4) is 0 Å². The van der Waals surface area contributed by atoms with Gasteiger partial charge in [-0.2, -0.15) is 8.42 Å². The van der Waals surface area contributed by atoms with Crippen LogP contribution in [-0.2, 0) is 10.1 Å². The number of benzene rings is 1. The van der Waals surface area contributed by atoms with Crippen LogP contribution in [0.1, 0.15) is 5.56 Å². The first kappa shape index (κ1) is 13.0. The fourth-order valence-electron chi connectivity index (χ4n) is 1.30. The topological polar surface area (TPSA) is 141 Å². The van der Waals surface area contributed by atoms with Gasteiger partial charge in [0, 0.05) is 6.07 Å². The van der Waals surface area contributed by atoms with Crippen LogP contribution in [-0.4, -0.2) is 22.8 Å². The molecule has 0 aliphatic heterocycles. The van der Waals surface area contributed by atoms with Gasteiger partial charge >= 0.3 is 10.1 Å². The predicted octanol–water partition coefficient (Wildman–Crippen LogP) is 1.06. The third kappa shape index (κ3) is 2.37. The SMILES string of the molecule is Cc1c([N+](=O)[O-])ccc(S(=O)(=O)O)c1[N+](=O)[O-]. The zero-order valence-corrected chi connectivity index (χ0v) is 9.17. The molecule has 1 aromatic rings. The minimum atomic E-state index is -4.81. The average Bonchev–Trinajstić information content (AvgIpc) is 2.14. The van der Waals surface area contributed by atoms with Crippen LogP contribution in [0.2, 0.25) is 0 Å². The Balaban J connectivity index is 3.75. The highest BCUT2D eigenvalue weighted by Crippen LogP contribution is 2.33. The van der Waals surface area contributed by atoms with Gasteiger partial charge in [-0.3, -0.25) is 24.8 Å². The summed E-state index contributed by atoms with van der Waals surface area (Å²) in [5.41, 5.74) is -2.03. The molecule has 17 heavy (non-hydrogen) atoms. The van der Waals surface area contributed by atoms with Gasteiger partial charge in [0.1, 0.15) is 5.56 Å². The van der Waals surface area contributed by atoms with E-state index in [9.17, 15) is 28.6 Å². The van der Waals surface area contributed by atoms with Gasteiger partial charge in [0.15, 0.2) is 4.90 Å². The molecule has 10 heteroatoms. The first-order valence-corrected chi connectivity index (χ1v) is 5.50. The number of rotatable bonds is 3. The molecular formula is C7H6N2O7S. The lowest BCUT2D eigenvalue weighted by Gasteiger charge is -2.03. The van der Waals surface area contributed by atoms with E-state index >= 15 is 0 Å². The summed E-state index contributed by atoms with van der Waals surface area (Å²) < 4.78 is 30.5. The molecule has 0 aliphatic rings. The molecule has 0 amide bonds. The summed E-state index contributed by atoms with van der Waals surface area (Å²) in [6.45, 7) is 1.03. The normalized spacial score (nSPS) is 11.2. The van der Waals surface area contributed by atoms with Gasteiger partial charge in [-0.1, -0.05) is 0 Å². The second kappa shape index (κ2) is 4.07. The Labute approximate surface area is 94.7 Å². The first-order valence-electron chi connectivity index (χ1n) is 4.06. The molecule has 0 saturated heterocycles. The highest BCUT2D eigenvalue weighted by Gasteiger charge is 2.31. The molecule has 0 heterocycles. The minimum Gasteiger partial charge on any atom is -0.282 e. The van der Waals surface area contributed by atoms with E-state index in [1.807, 2.05) is 0 Å². The second-order valence-electron chi connectivity index (χ2n) is 3.05. The predicted molar refractivity (Wildman–Crippen MR) is 54.3 cm³/mol. The summed E-state index contributed by atoms with van der Waals surface area (Å²) in [6.07, 6.45) is 0. The molecule has 1 N–H and O–H groups in total. The monoisotopic (exact) mass is 262 g/mol. The number of nitrogens with zero attached hydrogens (tertiary/aromatic N) is 2. The third-order valence-corrected chi connectivity index (χ3v) is 2.91. The molecule has 0 bridgehead atoms. The van der Waals surface area contributed by atoms with Crippen molar-refractivity contribution in [3.05, 3.63) is 37.9 Å². The van der Waals surface area contributed by atoms with Crippen molar-refractivity contribution in [1.82, 2.24) is 0 Å². The van der Waals surface area contributed by atoms with E-state index in [0.717, 1.165) is 13.0 Å². The van der Waals surface area contributed by atoms with Crippen molar-refractivity contribution in [2.24, 2.45) is 0 Å². The lowest BCUT2D eigenvalue weighted by molar-refractivity contribution is -0.397. The van der Waals surface area contributed by atoms with E-state index in [2.05, 4.69) is 0 Å². The van der Waals surface area contributed by atoms with Gasteiger partial charge in [0.25, 0.3) is 11.4 Å². The number of hydrogen-bond acceptors (Lipinski definition) is 6. The minimum absolute atomic E-state index is 0.435.